The Morgan fingerprint density at radius 3 is 2.55 bits per heavy atom. The van der Waals surface area contributed by atoms with Crippen LogP contribution in [0.15, 0.2) is 18.5 Å². The lowest BCUT2D eigenvalue weighted by molar-refractivity contribution is 0.0426. The number of rotatable bonds is 4. The normalized spacial score (nSPS) is 28.6. The van der Waals surface area contributed by atoms with E-state index in [0.717, 1.165) is 24.3 Å². The first-order valence-corrected chi connectivity index (χ1v) is 7.23. The van der Waals surface area contributed by atoms with Crippen molar-refractivity contribution < 1.29 is 4.39 Å². The number of halogens is 1. The molecule has 1 unspecified atom stereocenters. The molecule has 0 saturated heterocycles. The minimum atomic E-state index is -0.319. The van der Waals surface area contributed by atoms with E-state index in [-0.39, 0.29) is 17.4 Å². The minimum Gasteiger partial charge on any atom is -0.302 e. The second-order valence-electron chi connectivity index (χ2n) is 6.22. The van der Waals surface area contributed by atoms with E-state index in [4.69, 9.17) is 5.84 Å². The van der Waals surface area contributed by atoms with Crippen molar-refractivity contribution in [3.8, 4) is 0 Å². The molecule has 20 heavy (non-hydrogen) atoms. The molecule has 1 heterocycles. The zero-order chi connectivity index (χ0) is 14.8. The highest BCUT2D eigenvalue weighted by Gasteiger charge is 2.43. The summed E-state index contributed by atoms with van der Waals surface area (Å²) in [5, 5.41) is 0. The second kappa shape index (κ2) is 6.16. The van der Waals surface area contributed by atoms with Gasteiger partial charge in [-0.15, -0.1) is 0 Å². The van der Waals surface area contributed by atoms with E-state index in [9.17, 15) is 4.39 Å². The summed E-state index contributed by atoms with van der Waals surface area (Å²) in [6, 6.07) is 1.41. The first-order valence-electron chi connectivity index (χ1n) is 7.23. The van der Waals surface area contributed by atoms with Gasteiger partial charge in [-0.25, -0.2) is 4.39 Å². The SMILES string of the molecule is CC1CCC(C(NN)c2cncc(F)c2)(N(C)C)CC1. The van der Waals surface area contributed by atoms with Crippen molar-refractivity contribution in [1.29, 1.82) is 0 Å². The zero-order valence-electron chi connectivity index (χ0n) is 12.6. The lowest BCUT2D eigenvalue weighted by atomic mass is 9.70. The van der Waals surface area contributed by atoms with Gasteiger partial charge in [0.1, 0.15) is 5.82 Å². The third-order valence-electron chi connectivity index (χ3n) is 4.79. The summed E-state index contributed by atoms with van der Waals surface area (Å²) in [5.41, 5.74) is 3.63. The highest BCUT2D eigenvalue weighted by atomic mass is 19.1. The molecule has 0 spiro atoms. The van der Waals surface area contributed by atoms with Crippen molar-refractivity contribution in [2.75, 3.05) is 14.1 Å². The average Bonchev–Trinajstić information content (AvgIpc) is 2.42. The van der Waals surface area contributed by atoms with Gasteiger partial charge in [0.2, 0.25) is 0 Å². The van der Waals surface area contributed by atoms with Crippen LogP contribution in [0, 0.1) is 11.7 Å². The molecule has 112 valence electrons. The fraction of sp³-hybridized carbons (Fsp3) is 0.667. The predicted octanol–water partition coefficient (Wildman–Crippen LogP) is 2.24. The number of pyridine rings is 1. The zero-order valence-corrected chi connectivity index (χ0v) is 12.6. The van der Waals surface area contributed by atoms with Crippen LogP contribution in [0.5, 0.6) is 0 Å². The average molecular weight is 280 g/mol. The van der Waals surface area contributed by atoms with Gasteiger partial charge in [-0.3, -0.25) is 16.3 Å². The third kappa shape index (κ3) is 2.85. The smallest absolute Gasteiger partial charge is 0.141 e. The Labute approximate surface area is 120 Å². The number of aromatic nitrogens is 1. The highest BCUT2D eigenvalue weighted by molar-refractivity contribution is 5.21. The maximum absolute atomic E-state index is 13.5. The number of hydrazine groups is 1. The molecule has 1 aromatic heterocycles. The molecule has 0 aliphatic heterocycles. The van der Waals surface area contributed by atoms with Crippen LogP contribution in [-0.4, -0.2) is 29.5 Å². The van der Waals surface area contributed by atoms with E-state index in [0.29, 0.717) is 0 Å². The standard InChI is InChI=1S/C15H25FN4/c1-11-4-6-15(7-5-11,20(2)3)14(19-17)12-8-13(16)10-18-9-12/h8-11,14,19H,4-7,17H2,1-3H3. The molecule has 0 amide bonds. The van der Waals surface area contributed by atoms with Gasteiger partial charge < -0.3 is 4.90 Å². The molecule has 3 N–H and O–H groups in total. The van der Waals surface area contributed by atoms with Crippen molar-refractivity contribution in [2.24, 2.45) is 11.8 Å². The predicted molar refractivity (Wildman–Crippen MR) is 78.3 cm³/mol. The Kier molecular flexibility index (Phi) is 4.73. The molecule has 2 rings (SSSR count). The summed E-state index contributed by atoms with van der Waals surface area (Å²) < 4.78 is 13.5. The molecule has 1 aliphatic rings. The van der Waals surface area contributed by atoms with Crippen molar-refractivity contribution in [2.45, 2.75) is 44.2 Å². The number of nitrogens with two attached hydrogens (primary N) is 1. The van der Waals surface area contributed by atoms with Gasteiger partial charge in [-0.2, -0.15) is 0 Å². The number of likely N-dealkylation sites (N-methyl/N-ethyl adjacent to an activating group) is 1. The van der Waals surface area contributed by atoms with E-state index >= 15 is 0 Å². The molecule has 4 nitrogen and oxygen atoms in total. The quantitative estimate of drug-likeness (QED) is 0.656. The van der Waals surface area contributed by atoms with Crippen LogP contribution in [0.1, 0.15) is 44.2 Å². The molecule has 5 heteroatoms. The van der Waals surface area contributed by atoms with Gasteiger partial charge in [0.05, 0.1) is 12.2 Å². The molecule has 0 aromatic carbocycles. The van der Waals surface area contributed by atoms with Crippen LogP contribution in [-0.2, 0) is 0 Å². The Bertz CT molecular complexity index is 441. The van der Waals surface area contributed by atoms with E-state index < -0.39 is 0 Å². The summed E-state index contributed by atoms with van der Waals surface area (Å²) in [6.07, 6.45) is 7.36. The molecular weight excluding hydrogens is 255 g/mol. The number of hydrogen-bond acceptors (Lipinski definition) is 4. The number of nitrogens with one attached hydrogen (secondary N) is 1. The van der Waals surface area contributed by atoms with Crippen molar-refractivity contribution in [1.82, 2.24) is 15.3 Å². The Morgan fingerprint density at radius 1 is 1.40 bits per heavy atom. The van der Waals surface area contributed by atoms with Gasteiger partial charge in [0.25, 0.3) is 0 Å². The van der Waals surface area contributed by atoms with E-state index in [1.807, 2.05) is 0 Å². The third-order valence-corrected chi connectivity index (χ3v) is 4.79. The lowest BCUT2D eigenvalue weighted by Gasteiger charge is -2.49. The highest BCUT2D eigenvalue weighted by Crippen LogP contribution is 2.43. The second-order valence-corrected chi connectivity index (χ2v) is 6.22. The maximum Gasteiger partial charge on any atom is 0.141 e. The fourth-order valence-electron chi connectivity index (χ4n) is 3.40. The van der Waals surface area contributed by atoms with Crippen molar-refractivity contribution in [3.63, 3.8) is 0 Å². The van der Waals surface area contributed by atoms with Gasteiger partial charge in [0, 0.05) is 11.7 Å². The Morgan fingerprint density at radius 2 is 2.05 bits per heavy atom. The summed E-state index contributed by atoms with van der Waals surface area (Å²) in [7, 11) is 4.15. The summed E-state index contributed by atoms with van der Waals surface area (Å²) in [5.74, 6) is 6.24. The monoisotopic (exact) mass is 280 g/mol. The van der Waals surface area contributed by atoms with Gasteiger partial charge in [-0.05, 0) is 57.3 Å². The van der Waals surface area contributed by atoms with Crippen LogP contribution in [0.4, 0.5) is 4.39 Å². The van der Waals surface area contributed by atoms with E-state index in [1.165, 1.54) is 25.1 Å². The Balaban J connectivity index is 2.35. The van der Waals surface area contributed by atoms with Crippen LogP contribution >= 0.6 is 0 Å². The van der Waals surface area contributed by atoms with Gasteiger partial charge in [0.15, 0.2) is 0 Å². The number of hydrogen-bond donors (Lipinski definition) is 2. The summed E-state index contributed by atoms with van der Waals surface area (Å²) >= 11 is 0. The molecule has 0 bridgehead atoms. The van der Waals surface area contributed by atoms with Gasteiger partial charge in [-0.1, -0.05) is 6.92 Å². The number of nitrogens with zero attached hydrogens (tertiary/aromatic N) is 2. The molecular formula is C15H25FN4. The summed E-state index contributed by atoms with van der Waals surface area (Å²) in [6.45, 7) is 2.29. The molecule has 1 aromatic rings. The molecule has 1 saturated carbocycles. The van der Waals surface area contributed by atoms with Crippen LogP contribution in [0.3, 0.4) is 0 Å². The van der Waals surface area contributed by atoms with Crippen LogP contribution < -0.4 is 11.3 Å². The summed E-state index contributed by atoms with van der Waals surface area (Å²) in [4.78, 5) is 6.19. The Hall–Kier alpha value is -1.04. The van der Waals surface area contributed by atoms with Crippen LogP contribution in [0.2, 0.25) is 0 Å². The lowest BCUT2D eigenvalue weighted by Crippen LogP contribution is -2.56. The molecule has 1 aliphatic carbocycles. The fourth-order valence-corrected chi connectivity index (χ4v) is 3.40. The minimum absolute atomic E-state index is 0.0866. The van der Waals surface area contributed by atoms with Gasteiger partial charge >= 0.3 is 0 Å². The van der Waals surface area contributed by atoms with E-state index in [1.54, 1.807) is 6.20 Å². The topological polar surface area (TPSA) is 54.2 Å². The molecule has 0 radical (unpaired) electrons. The van der Waals surface area contributed by atoms with Crippen molar-refractivity contribution in [3.05, 3.63) is 29.8 Å². The first-order chi connectivity index (χ1) is 9.49. The molecule has 1 atom stereocenters. The first kappa shape index (κ1) is 15.4. The largest absolute Gasteiger partial charge is 0.302 e. The maximum atomic E-state index is 13.5. The van der Waals surface area contributed by atoms with Crippen LogP contribution in [0.25, 0.3) is 0 Å². The van der Waals surface area contributed by atoms with Crippen molar-refractivity contribution >= 4 is 0 Å². The molecule has 1 fully saturated rings. The van der Waals surface area contributed by atoms with E-state index in [2.05, 4.69) is 36.3 Å².